The van der Waals surface area contributed by atoms with E-state index in [9.17, 15) is 23.8 Å². The summed E-state index contributed by atoms with van der Waals surface area (Å²) in [6.45, 7) is 4.10. The Hall–Kier alpha value is -3.14. The van der Waals surface area contributed by atoms with Crippen molar-refractivity contribution in [3.8, 4) is 0 Å². The molecule has 0 amide bonds. The van der Waals surface area contributed by atoms with E-state index >= 15 is 0 Å². The first-order valence-corrected chi connectivity index (χ1v) is 23.8. The zero-order valence-electron chi connectivity index (χ0n) is 37.4. The largest absolute Gasteiger partial charge is 0.472 e. The van der Waals surface area contributed by atoms with Crippen LogP contribution in [0.1, 0.15) is 149 Å². The van der Waals surface area contributed by atoms with Crippen LogP contribution in [0.25, 0.3) is 0 Å². The van der Waals surface area contributed by atoms with E-state index in [4.69, 9.17) is 18.5 Å². The van der Waals surface area contributed by atoms with Crippen LogP contribution in [0.3, 0.4) is 0 Å². The molecule has 0 aromatic carbocycles. The molecule has 0 aromatic heterocycles. The van der Waals surface area contributed by atoms with E-state index in [2.05, 4.69) is 62.5 Å². The normalized spacial score (nSPS) is 14.3. The molecule has 1 unspecified atom stereocenters. The fraction of sp³-hybridized carbons (Fsp3) is 0.646. The van der Waals surface area contributed by atoms with Crippen molar-refractivity contribution in [1.29, 1.82) is 0 Å². The molecule has 10 nitrogen and oxygen atoms in total. The van der Waals surface area contributed by atoms with Crippen LogP contribution in [0.15, 0.2) is 85.1 Å². The molecule has 1 N–H and O–H groups in total. The molecule has 59 heavy (non-hydrogen) atoms. The number of hydrogen-bond donors (Lipinski definition) is 1. The predicted octanol–water partition coefficient (Wildman–Crippen LogP) is 12.0. The van der Waals surface area contributed by atoms with Gasteiger partial charge in [0.25, 0.3) is 0 Å². The van der Waals surface area contributed by atoms with Crippen molar-refractivity contribution in [2.45, 2.75) is 155 Å². The number of hydrogen-bond acceptors (Lipinski definition) is 8. The number of quaternary nitrogens is 1. The summed E-state index contributed by atoms with van der Waals surface area (Å²) in [4.78, 5) is 47.1. The Morgan fingerprint density at radius 2 is 1.08 bits per heavy atom. The van der Waals surface area contributed by atoms with Crippen LogP contribution in [0, 0.1) is 0 Å². The third-order valence-corrected chi connectivity index (χ3v) is 9.86. The Labute approximate surface area is 358 Å². The Kier molecular flexibility index (Phi) is 36.9. The Morgan fingerprint density at radius 1 is 0.576 bits per heavy atom. The molecule has 11 heteroatoms. The number of carbonyl (C=O) groups excluding carboxylic acids is 3. The van der Waals surface area contributed by atoms with Crippen molar-refractivity contribution in [2.75, 3.05) is 47.5 Å². The molecule has 0 spiro atoms. The summed E-state index contributed by atoms with van der Waals surface area (Å²) in [7, 11) is 1.38. The average molecular weight is 847 g/mol. The molecule has 336 valence electrons. The van der Waals surface area contributed by atoms with Gasteiger partial charge in [-0.25, -0.2) is 4.57 Å². The number of carbonyl (C=O) groups is 3. The van der Waals surface area contributed by atoms with E-state index in [1.54, 1.807) is 12.2 Å². The lowest BCUT2D eigenvalue weighted by atomic mass is 10.1. The van der Waals surface area contributed by atoms with Gasteiger partial charge in [-0.05, 0) is 83.1 Å². The summed E-state index contributed by atoms with van der Waals surface area (Å²) in [6.07, 6.45) is 46.2. The van der Waals surface area contributed by atoms with Crippen LogP contribution < -0.4 is 0 Å². The molecular weight excluding hydrogens is 766 g/mol. The van der Waals surface area contributed by atoms with Crippen LogP contribution in [-0.2, 0) is 37.5 Å². The van der Waals surface area contributed by atoms with Crippen molar-refractivity contribution in [3.63, 3.8) is 0 Å². The SMILES string of the molecule is CCCCC/C=C\C/C=C\C/C=C\CCCCCCC(=O)O[C@H](COC(=O)CCC/C=C\C/C=C\C/C=C\C=C\C(=O)CCCCC)COP(=O)(O)OCC[N+](C)(C)C. The van der Waals surface area contributed by atoms with Crippen molar-refractivity contribution < 1.29 is 46.8 Å². The predicted molar refractivity (Wildman–Crippen MR) is 243 cm³/mol. The van der Waals surface area contributed by atoms with Gasteiger partial charge in [0.2, 0.25) is 0 Å². The van der Waals surface area contributed by atoms with Gasteiger partial charge >= 0.3 is 19.8 Å². The smallest absolute Gasteiger partial charge is 0.462 e. The van der Waals surface area contributed by atoms with Crippen LogP contribution in [0.4, 0.5) is 0 Å². The zero-order chi connectivity index (χ0) is 43.7. The minimum Gasteiger partial charge on any atom is -0.462 e. The molecule has 0 saturated heterocycles. The summed E-state index contributed by atoms with van der Waals surface area (Å²) < 4.78 is 34.2. The standard InChI is InChI=1S/C48H80NO9P/c1-6-8-10-11-12-13-14-15-16-17-18-19-22-26-29-32-36-40-48(52)58-46(44-57-59(53,54)56-42-41-49(3,4)5)43-55-47(51)39-35-31-28-25-23-20-21-24-27-30-34-38-45(50)37-33-9-7-2/h12-13,15-16,18-21,25,27-28,30,34,38,46H,6-11,14,17,22-24,26,29,31-33,35-37,39-44H2,1-5H3/p+1/b13-12-,16-15-,19-18-,21-20-,28-25-,30-27-,38-34+/t46-/m1/s1. The lowest BCUT2D eigenvalue weighted by Gasteiger charge is -2.24. The van der Waals surface area contributed by atoms with Crippen molar-refractivity contribution in [1.82, 2.24) is 0 Å². The highest BCUT2D eigenvalue weighted by Crippen LogP contribution is 2.43. The van der Waals surface area contributed by atoms with Gasteiger partial charge in [-0.2, -0.15) is 0 Å². The summed E-state index contributed by atoms with van der Waals surface area (Å²) in [5, 5.41) is 0. The van der Waals surface area contributed by atoms with E-state index < -0.39 is 32.5 Å². The molecule has 0 heterocycles. The molecule has 0 radical (unpaired) electrons. The molecule has 0 fully saturated rings. The second kappa shape index (κ2) is 39.0. The number of esters is 2. The fourth-order valence-electron chi connectivity index (χ4n) is 5.32. The number of unbranched alkanes of at least 4 members (excludes halogenated alkanes) is 10. The van der Waals surface area contributed by atoms with Crippen molar-refractivity contribution in [2.24, 2.45) is 0 Å². The number of allylic oxidation sites excluding steroid dienone is 14. The van der Waals surface area contributed by atoms with Crippen LogP contribution in [-0.4, -0.2) is 80.7 Å². The van der Waals surface area contributed by atoms with Crippen LogP contribution in [0.2, 0.25) is 0 Å². The first-order valence-electron chi connectivity index (χ1n) is 22.3. The van der Waals surface area contributed by atoms with Gasteiger partial charge in [-0.15, -0.1) is 0 Å². The number of rotatable bonds is 39. The third-order valence-electron chi connectivity index (χ3n) is 8.87. The van der Waals surface area contributed by atoms with Gasteiger partial charge < -0.3 is 18.9 Å². The van der Waals surface area contributed by atoms with Crippen molar-refractivity contribution in [3.05, 3.63) is 85.1 Å². The van der Waals surface area contributed by atoms with E-state index in [-0.39, 0.29) is 31.8 Å². The van der Waals surface area contributed by atoms with Gasteiger partial charge in [0.1, 0.15) is 19.8 Å². The number of phosphoric ester groups is 1. The van der Waals surface area contributed by atoms with E-state index in [1.807, 2.05) is 45.4 Å². The molecule has 0 aromatic rings. The third kappa shape index (κ3) is 42.8. The van der Waals surface area contributed by atoms with Gasteiger partial charge in [-0.1, -0.05) is 131 Å². The number of phosphoric acid groups is 1. The quantitative estimate of drug-likeness (QED) is 0.0122. The second-order valence-electron chi connectivity index (χ2n) is 15.8. The molecule has 0 bridgehead atoms. The number of nitrogens with zero attached hydrogens (tertiary/aromatic N) is 1. The van der Waals surface area contributed by atoms with Crippen LogP contribution in [0.5, 0.6) is 0 Å². The molecular formula is C48H81NO9P+. The lowest BCUT2D eigenvalue weighted by molar-refractivity contribution is -0.870. The van der Waals surface area contributed by atoms with Gasteiger partial charge in [0.15, 0.2) is 11.9 Å². The number of ketones is 1. The van der Waals surface area contributed by atoms with Gasteiger partial charge in [-0.3, -0.25) is 23.4 Å². The van der Waals surface area contributed by atoms with Crippen molar-refractivity contribution >= 4 is 25.5 Å². The maximum absolute atomic E-state index is 12.7. The summed E-state index contributed by atoms with van der Waals surface area (Å²) in [5.41, 5.74) is 0. The Balaban J connectivity index is 4.55. The first-order chi connectivity index (χ1) is 28.4. The molecule has 0 aliphatic heterocycles. The summed E-state index contributed by atoms with van der Waals surface area (Å²) >= 11 is 0. The topological polar surface area (TPSA) is 125 Å². The summed E-state index contributed by atoms with van der Waals surface area (Å²) in [6, 6.07) is 0. The highest BCUT2D eigenvalue weighted by molar-refractivity contribution is 7.47. The van der Waals surface area contributed by atoms with E-state index in [0.717, 1.165) is 70.6 Å². The summed E-state index contributed by atoms with van der Waals surface area (Å²) in [5.74, 6) is -0.765. The van der Waals surface area contributed by atoms with Gasteiger partial charge in [0, 0.05) is 19.3 Å². The monoisotopic (exact) mass is 847 g/mol. The van der Waals surface area contributed by atoms with E-state index in [1.165, 1.54) is 25.7 Å². The number of ether oxygens (including phenoxy) is 2. The minimum atomic E-state index is -4.41. The molecule has 2 atom stereocenters. The molecule has 0 aliphatic carbocycles. The Bertz CT molecular complexity index is 1340. The molecule has 0 aliphatic rings. The van der Waals surface area contributed by atoms with Crippen LogP contribution >= 0.6 is 7.82 Å². The fourth-order valence-corrected chi connectivity index (χ4v) is 6.06. The van der Waals surface area contributed by atoms with E-state index in [0.29, 0.717) is 36.7 Å². The first kappa shape index (κ1) is 55.9. The maximum atomic E-state index is 12.7. The Morgan fingerprint density at radius 3 is 1.69 bits per heavy atom. The zero-order valence-corrected chi connectivity index (χ0v) is 38.3. The molecule has 0 saturated carbocycles. The number of likely N-dealkylation sites (N-methyl/N-ethyl adjacent to an activating group) is 1. The average Bonchev–Trinajstić information content (AvgIpc) is 3.18. The molecule has 0 rings (SSSR count). The highest BCUT2D eigenvalue weighted by atomic mass is 31.2. The van der Waals surface area contributed by atoms with Gasteiger partial charge in [0.05, 0.1) is 27.7 Å². The minimum absolute atomic E-state index is 0.00396. The lowest BCUT2D eigenvalue weighted by Crippen LogP contribution is -2.37. The maximum Gasteiger partial charge on any atom is 0.472 e. The second-order valence-corrected chi connectivity index (χ2v) is 17.2. The highest BCUT2D eigenvalue weighted by Gasteiger charge is 2.27.